The van der Waals surface area contributed by atoms with E-state index in [9.17, 15) is 24.5 Å². The maximum Gasteiger partial charge on any atom is 0.343 e. The molecule has 3 heterocycles. The van der Waals surface area contributed by atoms with Gasteiger partial charge in [-0.05, 0) is 101 Å². The molecule has 2 atom stereocenters. The van der Waals surface area contributed by atoms with E-state index in [0.717, 1.165) is 41.8 Å². The van der Waals surface area contributed by atoms with Crippen molar-refractivity contribution in [2.45, 2.75) is 91.6 Å². The topological polar surface area (TPSA) is 183 Å². The molecule has 2 unspecified atom stereocenters. The van der Waals surface area contributed by atoms with Crippen LogP contribution in [0, 0.1) is 10.1 Å². The van der Waals surface area contributed by atoms with Gasteiger partial charge in [-0.3, -0.25) is 19.7 Å². The first-order valence-corrected chi connectivity index (χ1v) is 20.1. The van der Waals surface area contributed by atoms with Gasteiger partial charge in [-0.2, -0.15) is 0 Å². The van der Waals surface area contributed by atoms with Crippen molar-refractivity contribution in [2.24, 2.45) is 5.73 Å². The number of hydrogen-bond acceptors (Lipinski definition) is 11. The number of rotatable bonds is 16. The van der Waals surface area contributed by atoms with Crippen molar-refractivity contribution in [1.29, 1.82) is 0 Å². The molecule has 0 saturated carbocycles. The normalized spacial score (nSPS) is 16.7. The Bertz CT molecular complexity index is 2210. The van der Waals surface area contributed by atoms with E-state index in [1.54, 1.807) is 24.3 Å². The van der Waals surface area contributed by atoms with E-state index in [-0.39, 0.29) is 43.6 Å². The van der Waals surface area contributed by atoms with E-state index < -0.39 is 27.9 Å². The number of carbonyl (C=O) groups excluding carboxylic acids is 2. The highest BCUT2D eigenvalue weighted by Crippen LogP contribution is 2.56. The van der Waals surface area contributed by atoms with E-state index >= 15 is 0 Å². The smallest absolute Gasteiger partial charge is 0.343 e. The summed E-state index contributed by atoms with van der Waals surface area (Å²) < 4.78 is 18.1. The maximum atomic E-state index is 13.4. The van der Waals surface area contributed by atoms with Gasteiger partial charge in [0.05, 0.1) is 22.4 Å². The van der Waals surface area contributed by atoms with E-state index in [2.05, 4.69) is 29.4 Å². The number of amides is 2. The van der Waals surface area contributed by atoms with Crippen LogP contribution in [0.1, 0.15) is 94.8 Å². The summed E-state index contributed by atoms with van der Waals surface area (Å²) in [4.78, 5) is 54.6. The second-order valence-corrected chi connectivity index (χ2v) is 14.6. The molecule has 0 aliphatic carbocycles. The molecule has 4 aromatic rings. The summed E-state index contributed by atoms with van der Waals surface area (Å²) in [6.07, 6.45) is 4.50. The number of non-ortho nitro benzene ring substituents is 1. The second-order valence-electron chi connectivity index (χ2n) is 14.6. The molecule has 0 saturated heterocycles. The van der Waals surface area contributed by atoms with Crippen LogP contribution in [0.25, 0.3) is 17.0 Å². The number of nitro benzene ring substituents is 1. The van der Waals surface area contributed by atoms with Crippen LogP contribution in [0.3, 0.4) is 0 Å². The average molecular weight is 797 g/mol. The SMILES string of the molecule is CC.CCCOC(N)CCC(=O)NCCNC(=O)c1ccc2c(c1)C(C)(C)C1(/C=C/c3cc4ccc(N(CC)CC)cc4oc3=O)Oc3ccc([N+](=O)[O-])cc3CN21. The van der Waals surface area contributed by atoms with E-state index in [1.165, 1.54) is 12.1 Å². The molecule has 3 aromatic carbocycles. The number of fused-ring (bicyclic) bond motifs is 5. The molecule has 1 aromatic heterocycles. The third-order valence-corrected chi connectivity index (χ3v) is 10.7. The number of anilines is 2. The molecule has 2 aliphatic rings. The number of nitrogens with zero attached hydrogens (tertiary/aromatic N) is 3. The first kappa shape index (κ1) is 43.4. The molecule has 0 fully saturated rings. The van der Waals surface area contributed by atoms with Crippen molar-refractivity contribution < 1.29 is 28.4 Å². The molecule has 58 heavy (non-hydrogen) atoms. The Kier molecular flexibility index (Phi) is 14.0. The zero-order valence-electron chi connectivity index (χ0n) is 34.6. The van der Waals surface area contributed by atoms with Gasteiger partial charge in [0.2, 0.25) is 11.6 Å². The zero-order chi connectivity index (χ0) is 42.2. The number of ether oxygens (including phenoxy) is 2. The lowest BCUT2D eigenvalue weighted by Gasteiger charge is -2.48. The maximum absolute atomic E-state index is 13.4. The fraction of sp³-hybridized carbons (Fsp3) is 0.432. The molecule has 14 heteroatoms. The quantitative estimate of drug-likeness (QED) is 0.0349. The van der Waals surface area contributed by atoms with E-state index in [1.807, 2.05) is 75.9 Å². The fourth-order valence-corrected chi connectivity index (χ4v) is 7.50. The predicted octanol–water partition coefficient (Wildman–Crippen LogP) is 7.01. The fourth-order valence-electron chi connectivity index (χ4n) is 7.50. The van der Waals surface area contributed by atoms with Gasteiger partial charge < -0.3 is 40.1 Å². The molecule has 2 aliphatic heterocycles. The highest BCUT2D eigenvalue weighted by Gasteiger charge is 2.60. The van der Waals surface area contributed by atoms with Gasteiger partial charge in [0.1, 0.15) is 17.6 Å². The van der Waals surface area contributed by atoms with Gasteiger partial charge in [-0.15, -0.1) is 0 Å². The standard InChI is InChI=1S/C42H50N6O8.C2H6/c1-6-21-54-37(43)15-16-38(49)44-19-20-45-39(50)28-10-13-34-33(24-28)41(4,5)42(47(34)26-30-23-32(48(52)53)12-14-35(30)56-42)18-17-29-22-27-9-11-31(46(7-2)8-3)25-36(27)55-40(29)51;1-2/h9-14,17-18,22-25,37H,6-8,15-16,19-21,26,43H2,1-5H3,(H,44,49)(H,45,50);1-2H3/b18-17+;. The van der Waals surface area contributed by atoms with E-state index in [0.29, 0.717) is 41.1 Å². The van der Waals surface area contributed by atoms with Crippen LogP contribution in [-0.4, -0.2) is 61.5 Å². The Morgan fingerprint density at radius 2 is 1.78 bits per heavy atom. The Hall–Kier alpha value is -5.73. The van der Waals surface area contributed by atoms with Crippen LogP contribution in [0.4, 0.5) is 17.1 Å². The van der Waals surface area contributed by atoms with Crippen molar-refractivity contribution in [3.8, 4) is 5.75 Å². The van der Waals surface area contributed by atoms with Gasteiger partial charge in [0.15, 0.2) is 0 Å². The summed E-state index contributed by atoms with van der Waals surface area (Å²) in [6.45, 7) is 17.0. The number of nitrogens with one attached hydrogen (secondary N) is 2. The van der Waals surface area contributed by atoms with Crippen molar-refractivity contribution >= 4 is 45.9 Å². The summed E-state index contributed by atoms with van der Waals surface area (Å²) in [7, 11) is 0. The summed E-state index contributed by atoms with van der Waals surface area (Å²) in [5, 5.41) is 18.1. The summed E-state index contributed by atoms with van der Waals surface area (Å²) >= 11 is 0. The highest BCUT2D eigenvalue weighted by atomic mass is 16.6. The minimum Gasteiger partial charge on any atom is -0.463 e. The van der Waals surface area contributed by atoms with Gasteiger partial charge in [0, 0.05) is 85.3 Å². The minimum atomic E-state index is -1.21. The Morgan fingerprint density at radius 3 is 2.48 bits per heavy atom. The zero-order valence-corrected chi connectivity index (χ0v) is 34.6. The number of nitro groups is 1. The molecule has 0 bridgehead atoms. The van der Waals surface area contributed by atoms with Gasteiger partial charge in [0.25, 0.3) is 11.6 Å². The number of carbonyl (C=O) groups is 2. The summed E-state index contributed by atoms with van der Waals surface area (Å²) in [5.41, 5.74) is 7.68. The third kappa shape index (κ3) is 8.87. The third-order valence-electron chi connectivity index (χ3n) is 10.7. The van der Waals surface area contributed by atoms with Crippen molar-refractivity contribution in [2.75, 3.05) is 42.6 Å². The summed E-state index contributed by atoms with van der Waals surface area (Å²) in [6, 6.07) is 17.5. The van der Waals surface area contributed by atoms with Crippen molar-refractivity contribution in [3.63, 3.8) is 0 Å². The number of hydrogen-bond donors (Lipinski definition) is 3. The largest absolute Gasteiger partial charge is 0.463 e. The lowest BCUT2D eigenvalue weighted by Crippen LogP contribution is -2.60. The van der Waals surface area contributed by atoms with Crippen LogP contribution in [0.2, 0.25) is 0 Å². The predicted molar refractivity (Wildman–Crippen MR) is 227 cm³/mol. The number of benzene rings is 3. The molecule has 310 valence electrons. The average Bonchev–Trinajstić information content (AvgIpc) is 3.41. The molecule has 4 N–H and O–H groups in total. The molecular formula is C44H56N6O8. The van der Waals surface area contributed by atoms with E-state index in [4.69, 9.17) is 19.6 Å². The molecule has 6 rings (SSSR count). The Morgan fingerprint density at radius 1 is 1.03 bits per heavy atom. The molecular weight excluding hydrogens is 741 g/mol. The first-order valence-electron chi connectivity index (χ1n) is 20.1. The van der Waals surface area contributed by atoms with Crippen LogP contribution in [0.15, 0.2) is 76.0 Å². The van der Waals surface area contributed by atoms with Crippen LogP contribution in [-0.2, 0) is 21.5 Å². The van der Waals surface area contributed by atoms with Crippen LogP contribution >= 0.6 is 0 Å². The molecule has 14 nitrogen and oxygen atoms in total. The molecule has 0 spiro atoms. The van der Waals surface area contributed by atoms with Crippen LogP contribution < -0.4 is 36.5 Å². The van der Waals surface area contributed by atoms with Crippen LogP contribution in [0.5, 0.6) is 5.75 Å². The monoisotopic (exact) mass is 796 g/mol. The molecule has 2 amide bonds. The Balaban J connectivity index is 0.00000315. The summed E-state index contributed by atoms with van der Waals surface area (Å²) in [5.74, 6) is -0.0244. The van der Waals surface area contributed by atoms with Crippen molar-refractivity contribution in [3.05, 3.63) is 110 Å². The lowest BCUT2D eigenvalue weighted by atomic mass is 9.76. The first-order chi connectivity index (χ1) is 27.8. The van der Waals surface area contributed by atoms with Gasteiger partial charge >= 0.3 is 5.63 Å². The molecule has 0 radical (unpaired) electrons. The number of nitrogens with two attached hydrogens (primary N) is 1. The van der Waals surface area contributed by atoms with Gasteiger partial charge in [-0.1, -0.05) is 20.8 Å². The second kappa shape index (κ2) is 18.7. The highest BCUT2D eigenvalue weighted by molar-refractivity contribution is 5.95. The Labute approximate surface area is 339 Å². The lowest BCUT2D eigenvalue weighted by molar-refractivity contribution is -0.385. The van der Waals surface area contributed by atoms with Crippen molar-refractivity contribution in [1.82, 2.24) is 10.6 Å². The minimum absolute atomic E-state index is 0.0558. The van der Waals surface area contributed by atoms with Gasteiger partial charge in [-0.25, -0.2) is 4.79 Å².